The van der Waals surface area contributed by atoms with Crippen LogP contribution in [0.3, 0.4) is 0 Å². The molecule has 1 atom stereocenters. The van der Waals surface area contributed by atoms with Gasteiger partial charge in [0.25, 0.3) is 0 Å². The fraction of sp³-hybridized carbons (Fsp3) is 0.385. The molecule has 1 aromatic carbocycles. The molecule has 82 valence electrons. The zero-order valence-corrected chi connectivity index (χ0v) is 9.17. The second-order valence-electron chi connectivity index (χ2n) is 4.05. The Morgan fingerprint density at radius 2 is 2.13 bits per heavy atom. The first-order valence-electron chi connectivity index (χ1n) is 5.23. The molecule has 0 aliphatic rings. The van der Waals surface area contributed by atoms with Crippen molar-refractivity contribution < 1.29 is 4.39 Å². The maximum Gasteiger partial charge on any atom is 0.126 e. The molecule has 0 aliphatic carbocycles. The van der Waals surface area contributed by atoms with Crippen LogP contribution in [-0.2, 0) is 6.42 Å². The minimum Gasteiger partial charge on any atom is -0.327 e. The van der Waals surface area contributed by atoms with E-state index in [1.54, 1.807) is 12.1 Å². The van der Waals surface area contributed by atoms with Crippen LogP contribution < -0.4 is 5.73 Å². The quantitative estimate of drug-likeness (QED) is 0.738. The Hall–Kier alpha value is -1.15. The van der Waals surface area contributed by atoms with E-state index in [-0.39, 0.29) is 11.9 Å². The molecule has 2 heteroatoms. The molecule has 0 amide bonds. The van der Waals surface area contributed by atoms with Gasteiger partial charge in [0.1, 0.15) is 5.82 Å². The minimum atomic E-state index is -0.164. The summed E-state index contributed by atoms with van der Waals surface area (Å²) < 4.78 is 13.3. The second-order valence-corrected chi connectivity index (χ2v) is 4.05. The Bertz CT molecular complexity index is 333. The molecule has 0 radical (unpaired) electrons. The van der Waals surface area contributed by atoms with Crippen molar-refractivity contribution in [2.24, 2.45) is 5.73 Å². The Balaban J connectivity index is 2.47. The highest BCUT2D eigenvalue weighted by Gasteiger charge is 2.07. The summed E-state index contributed by atoms with van der Waals surface area (Å²) in [5.41, 5.74) is 7.74. The summed E-state index contributed by atoms with van der Waals surface area (Å²) in [6.45, 7) is 5.80. The van der Waals surface area contributed by atoms with Gasteiger partial charge < -0.3 is 5.73 Å². The van der Waals surface area contributed by atoms with E-state index >= 15 is 0 Å². The van der Waals surface area contributed by atoms with Gasteiger partial charge in [-0.1, -0.05) is 23.8 Å². The molecular formula is C13H18FN. The fourth-order valence-electron chi connectivity index (χ4n) is 1.48. The molecule has 0 aromatic heterocycles. The molecule has 0 heterocycles. The van der Waals surface area contributed by atoms with Crippen LogP contribution in [0.15, 0.2) is 36.4 Å². The first kappa shape index (κ1) is 11.9. The number of allylic oxidation sites excluding steroid dienone is 1. The summed E-state index contributed by atoms with van der Waals surface area (Å²) in [6, 6.07) is 6.80. The van der Waals surface area contributed by atoms with Gasteiger partial charge in [-0.2, -0.15) is 0 Å². The van der Waals surface area contributed by atoms with E-state index in [2.05, 4.69) is 6.58 Å². The van der Waals surface area contributed by atoms with Crippen LogP contribution >= 0.6 is 0 Å². The zero-order chi connectivity index (χ0) is 11.3. The van der Waals surface area contributed by atoms with Crippen molar-refractivity contribution >= 4 is 0 Å². The van der Waals surface area contributed by atoms with E-state index in [9.17, 15) is 4.39 Å². The molecule has 1 aromatic rings. The first-order chi connectivity index (χ1) is 7.09. The van der Waals surface area contributed by atoms with Gasteiger partial charge in [-0.3, -0.25) is 0 Å². The molecule has 0 fully saturated rings. The standard InChI is InChI=1S/C13H18FN/c1-10(2)7-8-12(15)9-11-5-3-4-6-13(11)14/h3-6,12H,1,7-9,15H2,2H3. The highest BCUT2D eigenvalue weighted by atomic mass is 19.1. The average molecular weight is 207 g/mol. The van der Waals surface area contributed by atoms with Crippen LogP contribution in [-0.4, -0.2) is 6.04 Å². The zero-order valence-electron chi connectivity index (χ0n) is 9.17. The number of halogens is 1. The SMILES string of the molecule is C=C(C)CCC(N)Cc1ccccc1F. The Kier molecular flexibility index (Phi) is 4.50. The lowest BCUT2D eigenvalue weighted by molar-refractivity contribution is 0.565. The van der Waals surface area contributed by atoms with Crippen LogP contribution in [0, 0.1) is 5.82 Å². The number of benzene rings is 1. The van der Waals surface area contributed by atoms with Gasteiger partial charge in [0.15, 0.2) is 0 Å². The van der Waals surface area contributed by atoms with E-state index < -0.39 is 0 Å². The van der Waals surface area contributed by atoms with Gasteiger partial charge in [-0.05, 0) is 37.8 Å². The number of rotatable bonds is 5. The van der Waals surface area contributed by atoms with E-state index in [0.29, 0.717) is 12.0 Å². The van der Waals surface area contributed by atoms with Crippen molar-refractivity contribution in [3.8, 4) is 0 Å². The number of hydrogen-bond donors (Lipinski definition) is 1. The van der Waals surface area contributed by atoms with Gasteiger partial charge >= 0.3 is 0 Å². The Morgan fingerprint density at radius 3 is 2.73 bits per heavy atom. The molecule has 1 rings (SSSR count). The van der Waals surface area contributed by atoms with Gasteiger partial charge in [0.05, 0.1) is 0 Å². The van der Waals surface area contributed by atoms with Crippen LogP contribution in [0.1, 0.15) is 25.3 Å². The third-order valence-electron chi connectivity index (χ3n) is 2.38. The summed E-state index contributed by atoms with van der Waals surface area (Å²) in [5.74, 6) is -0.164. The lowest BCUT2D eigenvalue weighted by Crippen LogP contribution is -2.23. The van der Waals surface area contributed by atoms with Crippen LogP contribution in [0.25, 0.3) is 0 Å². The Labute approximate surface area is 90.8 Å². The maximum atomic E-state index is 13.3. The first-order valence-corrected chi connectivity index (χ1v) is 5.23. The molecule has 0 bridgehead atoms. The molecule has 1 unspecified atom stereocenters. The molecule has 1 nitrogen and oxygen atoms in total. The monoisotopic (exact) mass is 207 g/mol. The van der Waals surface area contributed by atoms with Crippen molar-refractivity contribution in [1.82, 2.24) is 0 Å². The molecule has 0 aliphatic heterocycles. The maximum absolute atomic E-state index is 13.3. The highest BCUT2D eigenvalue weighted by Crippen LogP contribution is 2.12. The van der Waals surface area contributed by atoms with Crippen molar-refractivity contribution in [3.05, 3.63) is 47.8 Å². The van der Waals surface area contributed by atoms with Gasteiger partial charge in [-0.15, -0.1) is 6.58 Å². The van der Waals surface area contributed by atoms with Crippen LogP contribution in [0.5, 0.6) is 0 Å². The number of hydrogen-bond acceptors (Lipinski definition) is 1. The van der Waals surface area contributed by atoms with E-state index in [0.717, 1.165) is 18.4 Å². The lowest BCUT2D eigenvalue weighted by Gasteiger charge is -2.11. The predicted octanol–water partition coefficient (Wildman–Crippen LogP) is 3.05. The van der Waals surface area contributed by atoms with Gasteiger partial charge in [0, 0.05) is 6.04 Å². The molecular weight excluding hydrogens is 189 g/mol. The molecule has 0 saturated heterocycles. The van der Waals surface area contributed by atoms with Crippen molar-refractivity contribution in [3.63, 3.8) is 0 Å². The van der Waals surface area contributed by atoms with Crippen LogP contribution in [0.2, 0.25) is 0 Å². The molecule has 0 saturated carbocycles. The minimum absolute atomic E-state index is 0.0126. The molecule has 0 spiro atoms. The molecule has 2 N–H and O–H groups in total. The van der Waals surface area contributed by atoms with Crippen molar-refractivity contribution in [2.75, 3.05) is 0 Å². The summed E-state index contributed by atoms with van der Waals surface area (Å²) >= 11 is 0. The largest absolute Gasteiger partial charge is 0.327 e. The van der Waals surface area contributed by atoms with Gasteiger partial charge in [0.2, 0.25) is 0 Å². The predicted molar refractivity (Wildman–Crippen MR) is 62.1 cm³/mol. The second kappa shape index (κ2) is 5.66. The Morgan fingerprint density at radius 1 is 1.47 bits per heavy atom. The molecule has 15 heavy (non-hydrogen) atoms. The summed E-state index contributed by atoms with van der Waals surface area (Å²) in [5, 5.41) is 0. The highest BCUT2D eigenvalue weighted by molar-refractivity contribution is 5.18. The van der Waals surface area contributed by atoms with E-state index in [4.69, 9.17) is 5.73 Å². The smallest absolute Gasteiger partial charge is 0.126 e. The summed E-state index contributed by atoms with van der Waals surface area (Å²) in [7, 11) is 0. The number of nitrogens with two attached hydrogens (primary N) is 1. The lowest BCUT2D eigenvalue weighted by atomic mass is 10.0. The van der Waals surface area contributed by atoms with Crippen LogP contribution in [0.4, 0.5) is 4.39 Å². The van der Waals surface area contributed by atoms with E-state index in [1.807, 2.05) is 13.0 Å². The average Bonchev–Trinajstić information content (AvgIpc) is 2.18. The summed E-state index contributed by atoms with van der Waals surface area (Å²) in [4.78, 5) is 0. The normalized spacial score (nSPS) is 12.5. The van der Waals surface area contributed by atoms with Crippen molar-refractivity contribution in [1.29, 1.82) is 0 Å². The topological polar surface area (TPSA) is 26.0 Å². The third-order valence-corrected chi connectivity index (χ3v) is 2.38. The van der Waals surface area contributed by atoms with E-state index in [1.165, 1.54) is 6.07 Å². The van der Waals surface area contributed by atoms with Crippen molar-refractivity contribution in [2.45, 2.75) is 32.2 Å². The summed E-state index contributed by atoms with van der Waals surface area (Å²) in [6.07, 6.45) is 2.37. The van der Waals surface area contributed by atoms with Gasteiger partial charge in [-0.25, -0.2) is 4.39 Å². The third kappa shape index (κ3) is 4.26. The fourth-order valence-corrected chi connectivity index (χ4v) is 1.48.